The van der Waals surface area contributed by atoms with Crippen molar-refractivity contribution in [3.8, 4) is 0 Å². The van der Waals surface area contributed by atoms with Gasteiger partial charge in [-0.05, 0) is 36.8 Å². The molecule has 2 N–H and O–H groups in total. The van der Waals surface area contributed by atoms with E-state index in [9.17, 15) is 9.18 Å². The van der Waals surface area contributed by atoms with Gasteiger partial charge in [0.2, 0.25) is 5.82 Å². The molecule has 0 spiro atoms. The summed E-state index contributed by atoms with van der Waals surface area (Å²) in [4.78, 5) is 18.2. The van der Waals surface area contributed by atoms with Gasteiger partial charge in [-0.2, -0.15) is 0 Å². The fraction of sp³-hybridized carbons (Fsp3) is 0.0714. The number of aryl methyl sites for hydroxylation is 1. The molecule has 1 aromatic heterocycles. The number of hydrogen-bond donors (Lipinski definition) is 2. The van der Waals surface area contributed by atoms with E-state index in [1.54, 1.807) is 6.92 Å². The van der Waals surface area contributed by atoms with E-state index in [2.05, 4.69) is 15.1 Å². The third kappa shape index (κ3) is 3.09. The van der Waals surface area contributed by atoms with Gasteiger partial charge in [-0.25, -0.2) is 9.18 Å². The van der Waals surface area contributed by atoms with Crippen LogP contribution in [0.5, 0.6) is 0 Å². The monoisotopic (exact) mass is 305 g/mol. The molecule has 0 aliphatic heterocycles. The van der Waals surface area contributed by atoms with Crippen molar-refractivity contribution >= 4 is 34.9 Å². The molecule has 0 amide bonds. The van der Waals surface area contributed by atoms with Crippen molar-refractivity contribution in [1.82, 2.24) is 4.98 Å². The summed E-state index contributed by atoms with van der Waals surface area (Å²) in [5.41, 5.74) is 0.897. The number of pyridine rings is 1. The summed E-state index contributed by atoms with van der Waals surface area (Å²) in [5, 5.41) is 11.9. The Balaban J connectivity index is 2.52. The van der Waals surface area contributed by atoms with Gasteiger partial charge in [-0.3, -0.25) is 0 Å². The lowest BCUT2D eigenvalue weighted by molar-refractivity contribution is 0.0697. The first-order valence-electron chi connectivity index (χ1n) is 5.77. The van der Waals surface area contributed by atoms with Crippen molar-refractivity contribution in [3.05, 3.63) is 57.6 Å². The average Bonchev–Trinajstić information content (AvgIpc) is 2.42. The van der Waals surface area contributed by atoms with Crippen LogP contribution in [0.4, 0.5) is 21.7 Å². The van der Waals surface area contributed by atoms with Gasteiger partial charge in [0.25, 0.3) is 5.82 Å². The summed E-state index contributed by atoms with van der Waals surface area (Å²) in [5.74, 6) is -1.76. The van der Waals surface area contributed by atoms with E-state index in [0.29, 0.717) is 11.3 Å². The van der Waals surface area contributed by atoms with Crippen molar-refractivity contribution in [2.75, 3.05) is 5.32 Å². The molecule has 0 unspecified atom stereocenters. The van der Waals surface area contributed by atoms with Crippen LogP contribution in [0.15, 0.2) is 24.3 Å². The number of nitrogens with one attached hydrogen (secondary N) is 1. The van der Waals surface area contributed by atoms with Crippen LogP contribution >= 0.6 is 11.6 Å². The van der Waals surface area contributed by atoms with E-state index in [1.165, 1.54) is 18.2 Å². The molecule has 0 saturated heterocycles. The van der Waals surface area contributed by atoms with E-state index in [1.807, 2.05) is 0 Å². The first-order valence-corrected chi connectivity index (χ1v) is 6.14. The van der Waals surface area contributed by atoms with E-state index in [4.69, 9.17) is 23.3 Å². The van der Waals surface area contributed by atoms with Crippen LogP contribution in [0.3, 0.4) is 0 Å². The zero-order chi connectivity index (χ0) is 15.6. The van der Waals surface area contributed by atoms with Crippen LogP contribution in [0.1, 0.15) is 15.9 Å². The first kappa shape index (κ1) is 14.8. The number of aromatic nitrogens is 1. The highest BCUT2D eigenvalue weighted by Gasteiger charge is 2.19. The number of aromatic carboxylic acids is 1. The maximum Gasteiger partial charge on any atom is 0.341 e. The second-order valence-corrected chi connectivity index (χ2v) is 4.60. The normalized spacial score (nSPS) is 10.0. The van der Waals surface area contributed by atoms with Gasteiger partial charge in [-0.15, -0.1) is 0 Å². The molecule has 1 aromatic carbocycles. The number of carboxylic acids is 1. The topological polar surface area (TPSA) is 66.6 Å². The third-order valence-corrected chi connectivity index (χ3v) is 3.01. The van der Waals surface area contributed by atoms with Crippen LogP contribution < -0.4 is 5.32 Å². The minimum atomic E-state index is -1.23. The molecule has 0 saturated carbocycles. The molecule has 0 fully saturated rings. The van der Waals surface area contributed by atoms with Crippen molar-refractivity contribution in [2.24, 2.45) is 0 Å². The molecular formula is C14H9ClFN3O2. The van der Waals surface area contributed by atoms with Crippen LogP contribution in [0.2, 0.25) is 5.02 Å². The van der Waals surface area contributed by atoms with Crippen LogP contribution in [0, 0.1) is 19.3 Å². The highest BCUT2D eigenvalue weighted by Crippen LogP contribution is 2.30. The molecule has 0 bridgehead atoms. The van der Waals surface area contributed by atoms with Gasteiger partial charge in [0, 0.05) is 5.69 Å². The molecule has 1 heterocycles. The molecule has 0 radical (unpaired) electrons. The van der Waals surface area contributed by atoms with Gasteiger partial charge < -0.3 is 15.3 Å². The second-order valence-electron chi connectivity index (χ2n) is 4.19. The zero-order valence-electron chi connectivity index (χ0n) is 10.8. The first-order chi connectivity index (χ1) is 9.92. The van der Waals surface area contributed by atoms with Gasteiger partial charge in [0.1, 0.15) is 11.4 Å². The summed E-state index contributed by atoms with van der Waals surface area (Å²) < 4.78 is 13.1. The highest BCUT2D eigenvalue weighted by molar-refractivity contribution is 6.33. The summed E-state index contributed by atoms with van der Waals surface area (Å²) >= 11 is 5.78. The quantitative estimate of drug-likeness (QED) is 0.835. The van der Waals surface area contributed by atoms with Crippen molar-refractivity contribution in [1.29, 1.82) is 0 Å². The zero-order valence-corrected chi connectivity index (χ0v) is 11.6. The molecule has 2 aromatic rings. The maximum absolute atomic E-state index is 13.1. The minimum Gasteiger partial charge on any atom is -0.477 e. The Hall–Kier alpha value is -2.65. The molecule has 0 aliphatic carbocycles. The number of anilines is 2. The molecule has 5 nitrogen and oxygen atoms in total. The smallest absolute Gasteiger partial charge is 0.341 e. The highest BCUT2D eigenvalue weighted by atomic mass is 35.5. The Morgan fingerprint density at radius 1 is 1.48 bits per heavy atom. The Morgan fingerprint density at radius 3 is 2.76 bits per heavy atom. The minimum absolute atomic E-state index is 0.0207. The number of halogens is 2. The number of nitrogens with zero attached hydrogens (tertiary/aromatic N) is 2. The Kier molecular flexibility index (Phi) is 4.05. The molecule has 106 valence electrons. The predicted molar refractivity (Wildman–Crippen MR) is 76.9 cm³/mol. The Morgan fingerprint density at radius 2 is 2.19 bits per heavy atom. The summed E-state index contributed by atoms with van der Waals surface area (Å²) in [7, 11) is 0. The standard InChI is InChI=1S/C14H9ClFN3O2/c1-7-5-8(16)3-4-11(7)18-12-9(14(20)21)6-10(15)13(17-2)19-12/h3-6H,1H3,(H,18,19)(H,20,21). The lowest BCUT2D eigenvalue weighted by atomic mass is 10.2. The van der Waals surface area contributed by atoms with Crippen LogP contribution in [-0.4, -0.2) is 16.1 Å². The SMILES string of the molecule is [C-]#[N+]c1nc(Nc2ccc(F)cc2C)c(C(=O)O)cc1Cl. The number of hydrogen-bond acceptors (Lipinski definition) is 3. The van der Waals surface area contributed by atoms with Crippen molar-refractivity contribution < 1.29 is 14.3 Å². The summed E-state index contributed by atoms with van der Waals surface area (Å²) in [6.07, 6.45) is 0. The fourth-order valence-corrected chi connectivity index (χ4v) is 1.90. The van der Waals surface area contributed by atoms with Crippen molar-refractivity contribution in [3.63, 3.8) is 0 Å². The van der Waals surface area contributed by atoms with E-state index < -0.39 is 11.8 Å². The maximum atomic E-state index is 13.1. The van der Waals surface area contributed by atoms with Gasteiger partial charge in [-0.1, -0.05) is 23.2 Å². The number of carbonyl (C=O) groups is 1. The predicted octanol–water partition coefficient (Wildman–Crippen LogP) is 4.18. The van der Waals surface area contributed by atoms with Gasteiger partial charge >= 0.3 is 5.97 Å². The average molecular weight is 306 g/mol. The molecule has 21 heavy (non-hydrogen) atoms. The summed E-state index contributed by atoms with van der Waals surface area (Å²) in [6, 6.07) is 5.16. The van der Waals surface area contributed by atoms with E-state index >= 15 is 0 Å². The largest absolute Gasteiger partial charge is 0.477 e. The lowest BCUT2D eigenvalue weighted by Gasteiger charge is -2.09. The van der Waals surface area contributed by atoms with Crippen LogP contribution in [0.25, 0.3) is 4.85 Å². The van der Waals surface area contributed by atoms with Crippen molar-refractivity contribution in [2.45, 2.75) is 6.92 Å². The van der Waals surface area contributed by atoms with Gasteiger partial charge in [0.15, 0.2) is 0 Å². The van der Waals surface area contributed by atoms with E-state index in [0.717, 1.165) is 6.07 Å². The number of rotatable bonds is 3. The molecule has 0 atom stereocenters. The number of carboxylic acid groups (broad SMARTS) is 1. The Labute approximate surface area is 124 Å². The van der Waals surface area contributed by atoms with Crippen LogP contribution in [-0.2, 0) is 0 Å². The molecule has 2 rings (SSSR count). The lowest BCUT2D eigenvalue weighted by Crippen LogP contribution is -2.06. The Bertz CT molecular complexity index is 772. The molecule has 0 aliphatic rings. The molecule has 7 heteroatoms. The van der Waals surface area contributed by atoms with E-state index in [-0.39, 0.29) is 22.2 Å². The summed E-state index contributed by atoms with van der Waals surface area (Å²) in [6.45, 7) is 8.63. The second kappa shape index (κ2) is 5.77. The molecular weight excluding hydrogens is 297 g/mol. The van der Waals surface area contributed by atoms with Gasteiger partial charge in [0.05, 0.1) is 5.02 Å². The third-order valence-electron chi connectivity index (χ3n) is 2.74. The number of benzene rings is 1. The fourth-order valence-electron chi connectivity index (χ4n) is 1.71.